The quantitative estimate of drug-likeness (QED) is 0.481. The number of piperidine rings is 1. The van der Waals surface area contributed by atoms with Crippen LogP contribution in [0.4, 0.5) is 0 Å². The Morgan fingerprint density at radius 3 is 2.42 bits per heavy atom. The molecule has 2 rings (SSSR count). The molecule has 1 saturated heterocycles. The van der Waals surface area contributed by atoms with Crippen LogP contribution in [0, 0.1) is 11.3 Å². The predicted molar refractivity (Wildman–Crippen MR) is 97.7 cm³/mol. The van der Waals surface area contributed by atoms with Gasteiger partial charge < -0.3 is 4.90 Å². The number of hydrogen-bond donors (Lipinski definition) is 0. The largest absolute Gasteiger partial charge is 0.363 e. The van der Waals surface area contributed by atoms with Gasteiger partial charge in [-0.25, -0.2) is 4.99 Å². The van der Waals surface area contributed by atoms with Crippen LogP contribution in [0.1, 0.15) is 51.2 Å². The molecule has 1 aliphatic heterocycles. The molecule has 4 heteroatoms. The number of likely N-dealkylation sites (tertiary alicyclic amines) is 1. The van der Waals surface area contributed by atoms with E-state index in [0.717, 1.165) is 37.2 Å². The molecule has 1 aromatic carbocycles. The number of allylic oxidation sites excluding steroid dienone is 1. The second-order valence-electron chi connectivity index (χ2n) is 7.23. The van der Waals surface area contributed by atoms with Gasteiger partial charge in [0.05, 0.1) is 5.70 Å². The summed E-state index contributed by atoms with van der Waals surface area (Å²) in [4.78, 5) is 18.1. The smallest absolute Gasteiger partial charge is 0.162 e. The van der Waals surface area contributed by atoms with Crippen molar-refractivity contribution in [2.75, 3.05) is 13.6 Å². The van der Waals surface area contributed by atoms with Crippen molar-refractivity contribution in [3.63, 3.8) is 0 Å². The SMILES string of the molecule is CN1CCCCC1=N/C(=C(/C#N)C=O)c1ccc(C(C)(C)C)cc1. The van der Waals surface area contributed by atoms with Crippen LogP contribution in [0.3, 0.4) is 0 Å². The highest BCUT2D eigenvalue weighted by Crippen LogP contribution is 2.27. The first kappa shape index (κ1) is 17.9. The Labute approximate surface area is 144 Å². The number of carbonyl (C=O) groups excluding carboxylic acids is 1. The number of hydrogen-bond acceptors (Lipinski definition) is 3. The van der Waals surface area contributed by atoms with Crippen LogP contribution in [0.5, 0.6) is 0 Å². The number of rotatable bonds is 3. The van der Waals surface area contributed by atoms with Crippen molar-refractivity contribution in [3.05, 3.63) is 41.0 Å². The summed E-state index contributed by atoms with van der Waals surface area (Å²) in [5.41, 5.74) is 2.61. The van der Waals surface area contributed by atoms with E-state index in [1.165, 1.54) is 5.56 Å². The van der Waals surface area contributed by atoms with Crippen LogP contribution in [-0.4, -0.2) is 30.6 Å². The van der Waals surface area contributed by atoms with Gasteiger partial charge in [-0.2, -0.15) is 5.26 Å². The van der Waals surface area contributed by atoms with Crippen LogP contribution >= 0.6 is 0 Å². The van der Waals surface area contributed by atoms with Crippen LogP contribution in [-0.2, 0) is 10.2 Å². The third-order valence-electron chi connectivity index (χ3n) is 4.34. The minimum absolute atomic E-state index is 0.0562. The van der Waals surface area contributed by atoms with E-state index in [4.69, 9.17) is 0 Å². The van der Waals surface area contributed by atoms with E-state index in [1.54, 1.807) is 0 Å². The second kappa shape index (κ2) is 7.44. The van der Waals surface area contributed by atoms with Gasteiger partial charge in [0.25, 0.3) is 0 Å². The lowest BCUT2D eigenvalue weighted by atomic mass is 9.86. The number of benzene rings is 1. The Bertz CT molecular complexity index is 700. The molecule has 0 aliphatic carbocycles. The Morgan fingerprint density at radius 2 is 1.92 bits per heavy atom. The lowest BCUT2D eigenvalue weighted by molar-refractivity contribution is -0.104. The molecule has 1 aliphatic rings. The molecule has 1 aromatic rings. The van der Waals surface area contributed by atoms with E-state index in [2.05, 4.69) is 30.7 Å². The van der Waals surface area contributed by atoms with Gasteiger partial charge in [-0.15, -0.1) is 0 Å². The zero-order chi connectivity index (χ0) is 17.7. The number of nitriles is 1. The molecule has 0 aromatic heterocycles. The highest BCUT2D eigenvalue weighted by molar-refractivity contribution is 5.97. The van der Waals surface area contributed by atoms with E-state index < -0.39 is 0 Å². The molecule has 0 N–H and O–H groups in total. The summed E-state index contributed by atoms with van der Waals surface area (Å²) in [6, 6.07) is 9.96. The van der Waals surface area contributed by atoms with Crippen molar-refractivity contribution >= 4 is 17.8 Å². The molecule has 126 valence electrons. The third-order valence-corrected chi connectivity index (χ3v) is 4.34. The molecule has 0 unspecified atom stereocenters. The zero-order valence-corrected chi connectivity index (χ0v) is 15.0. The molecule has 24 heavy (non-hydrogen) atoms. The van der Waals surface area contributed by atoms with Gasteiger partial charge in [0.1, 0.15) is 17.5 Å². The molecular weight excluding hydrogens is 298 g/mol. The topological polar surface area (TPSA) is 56.5 Å². The Hall–Kier alpha value is -2.41. The fourth-order valence-corrected chi connectivity index (χ4v) is 2.77. The van der Waals surface area contributed by atoms with Crippen molar-refractivity contribution in [2.24, 2.45) is 4.99 Å². The molecule has 0 atom stereocenters. The maximum atomic E-state index is 11.3. The molecule has 4 nitrogen and oxygen atoms in total. The highest BCUT2D eigenvalue weighted by Gasteiger charge is 2.17. The van der Waals surface area contributed by atoms with E-state index in [0.29, 0.717) is 12.0 Å². The average molecular weight is 323 g/mol. The second-order valence-corrected chi connectivity index (χ2v) is 7.23. The van der Waals surface area contributed by atoms with E-state index in [1.807, 2.05) is 37.4 Å². The maximum Gasteiger partial charge on any atom is 0.162 e. The zero-order valence-electron chi connectivity index (χ0n) is 15.0. The number of aldehydes is 1. The summed E-state index contributed by atoms with van der Waals surface area (Å²) in [7, 11) is 2.01. The summed E-state index contributed by atoms with van der Waals surface area (Å²) < 4.78 is 0. The lowest BCUT2D eigenvalue weighted by Crippen LogP contribution is -2.31. The highest BCUT2D eigenvalue weighted by atomic mass is 16.1. The minimum Gasteiger partial charge on any atom is -0.363 e. The first-order valence-electron chi connectivity index (χ1n) is 8.36. The third kappa shape index (κ3) is 4.11. The molecule has 1 fully saturated rings. The summed E-state index contributed by atoms with van der Waals surface area (Å²) in [5.74, 6) is 0.936. The van der Waals surface area contributed by atoms with Gasteiger partial charge in [0, 0.05) is 25.6 Å². The van der Waals surface area contributed by atoms with E-state index >= 15 is 0 Å². The predicted octanol–water partition coefficient (Wildman–Crippen LogP) is 3.93. The number of nitrogens with zero attached hydrogens (tertiary/aromatic N) is 3. The fourth-order valence-electron chi connectivity index (χ4n) is 2.77. The van der Waals surface area contributed by atoms with Crippen molar-refractivity contribution in [1.29, 1.82) is 5.26 Å². The van der Waals surface area contributed by atoms with Crippen molar-refractivity contribution in [2.45, 2.75) is 45.4 Å². The van der Waals surface area contributed by atoms with Crippen molar-refractivity contribution in [3.8, 4) is 6.07 Å². The van der Waals surface area contributed by atoms with Gasteiger partial charge in [0.2, 0.25) is 0 Å². The molecule has 0 radical (unpaired) electrons. The van der Waals surface area contributed by atoms with Crippen LogP contribution in [0.15, 0.2) is 34.8 Å². The monoisotopic (exact) mass is 323 g/mol. The maximum absolute atomic E-state index is 11.3. The van der Waals surface area contributed by atoms with Gasteiger partial charge in [-0.05, 0) is 23.8 Å². The van der Waals surface area contributed by atoms with Gasteiger partial charge in [-0.3, -0.25) is 4.79 Å². The van der Waals surface area contributed by atoms with Crippen LogP contribution in [0.2, 0.25) is 0 Å². The number of carbonyl (C=O) groups is 1. The van der Waals surface area contributed by atoms with Gasteiger partial charge in [-0.1, -0.05) is 45.0 Å². The number of aliphatic imine (C=N–C) groups is 1. The van der Waals surface area contributed by atoms with Gasteiger partial charge in [0.15, 0.2) is 6.29 Å². The standard InChI is InChI=1S/C20H25N3O/c1-20(2,3)17-10-8-15(9-11-17)19(16(13-21)14-24)22-18-7-5-6-12-23(18)4/h8-11,14H,5-7,12H2,1-4H3/b19-16-,22-18?. The summed E-state index contributed by atoms with van der Waals surface area (Å²) in [6.07, 6.45) is 3.70. The molecular formula is C20H25N3O. The summed E-state index contributed by atoms with van der Waals surface area (Å²) >= 11 is 0. The summed E-state index contributed by atoms with van der Waals surface area (Å²) in [5, 5.41) is 9.32. The average Bonchev–Trinajstić information content (AvgIpc) is 2.56. The van der Waals surface area contributed by atoms with E-state index in [-0.39, 0.29) is 11.0 Å². The Balaban J connectivity index is 2.49. The summed E-state index contributed by atoms with van der Waals surface area (Å²) in [6.45, 7) is 7.42. The fraction of sp³-hybridized carbons (Fsp3) is 0.450. The Morgan fingerprint density at radius 1 is 1.25 bits per heavy atom. The lowest BCUT2D eigenvalue weighted by Gasteiger charge is -2.26. The molecule has 0 bridgehead atoms. The van der Waals surface area contributed by atoms with Crippen LogP contribution in [0.25, 0.3) is 5.70 Å². The van der Waals surface area contributed by atoms with E-state index in [9.17, 15) is 10.1 Å². The van der Waals surface area contributed by atoms with Crippen molar-refractivity contribution < 1.29 is 4.79 Å². The molecule has 0 amide bonds. The molecule has 0 saturated carbocycles. The molecule has 1 heterocycles. The van der Waals surface area contributed by atoms with Gasteiger partial charge >= 0.3 is 0 Å². The first-order valence-corrected chi connectivity index (χ1v) is 8.36. The van der Waals surface area contributed by atoms with Crippen LogP contribution < -0.4 is 0 Å². The molecule has 0 spiro atoms. The van der Waals surface area contributed by atoms with Crippen molar-refractivity contribution in [1.82, 2.24) is 4.90 Å². The minimum atomic E-state index is 0.0562. The normalized spacial score (nSPS) is 18.1. The number of amidine groups is 1. The first-order chi connectivity index (χ1) is 11.4. The Kier molecular flexibility index (Phi) is 5.56.